The molecule has 0 bridgehead atoms. The molecule has 0 radical (unpaired) electrons. The lowest BCUT2D eigenvalue weighted by Crippen LogP contribution is -2.55. The lowest BCUT2D eigenvalue weighted by Gasteiger charge is -2.60. The van der Waals surface area contributed by atoms with Crippen molar-refractivity contribution in [3.05, 3.63) is 11.1 Å². The summed E-state index contributed by atoms with van der Waals surface area (Å²) in [5, 5.41) is 30.9. The Morgan fingerprint density at radius 3 is 2.55 bits per heavy atom. The Morgan fingerprint density at radius 1 is 1.14 bits per heavy atom. The summed E-state index contributed by atoms with van der Waals surface area (Å²) >= 11 is 0. The minimum absolute atomic E-state index is 0.137. The Labute approximate surface area is 175 Å². The van der Waals surface area contributed by atoms with Crippen molar-refractivity contribution in [1.82, 2.24) is 0 Å². The van der Waals surface area contributed by atoms with Crippen molar-refractivity contribution in [2.24, 2.45) is 40.4 Å². The maximum Gasteiger partial charge on any atom is 0.303 e. The smallest absolute Gasteiger partial charge is 0.303 e. The van der Waals surface area contributed by atoms with E-state index in [0.717, 1.165) is 44.9 Å². The molecule has 4 nitrogen and oxygen atoms in total. The largest absolute Gasteiger partial charge is 0.481 e. The maximum absolute atomic E-state index is 11.5. The van der Waals surface area contributed by atoms with E-state index in [4.69, 9.17) is 5.11 Å². The van der Waals surface area contributed by atoms with E-state index in [1.807, 2.05) is 0 Å². The summed E-state index contributed by atoms with van der Waals surface area (Å²) in [6, 6.07) is 0. The van der Waals surface area contributed by atoms with E-state index in [-0.39, 0.29) is 29.5 Å². The molecular formula is C25H40O4. The summed E-state index contributed by atoms with van der Waals surface area (Å²) in [7, 11) is 0. The number of carbonyl (C=O) groups is 1. The SMILES string of the molecule is CC1=C2[C@H](C[C@H](O)[C@]3(C)[C@@H]([C@H](C)CCC(=O)O)CC[C@@H]23)[C@@]2(C)CC[C@@H](O)C[C@H]2C1. The number of carboxylic acids is 1. The van der Waals surface area contributed by atoms with Crippen molar-refractivity contribution >= 4 is 5.97 Å². The fraction of sp³-hybridized carbons (Fsp3) is 0.880. The predicted octanol–water partition coefficient (Wildman–Crippen LogP) is 4.79. The van der Waals surface area contributed by atoms with Crippen molar-refractivity contribution < 1.29 is 20.1 Å². The molecule has 9 atom stereocenters. The second-order valence-corrected chi connectivity index (χ2v) is 11.4. The van der Waals surface area contributed by atoms with Gasteiger partial charge in [0.2, 0.25) is 0 Å². The summed E-state index contributed by atoms with van der Waals surface area (Å²) in [6.07, 6.45) is 7.47. The molecule has 0 amide bonds. The van der Waals surface area contributed by atoms with E-state index in [9.17, 15) is 15.0 Å². The Balaban J connectivity index is 1.66. The first-order valence-electron chi connectivity index (χ1n) is 11.9. The van der Waals surface area contributed by atoms with Crippen molar-refractivity contribution in [2.75, 3.05) is 0 Å². The molecule has 3 saturated carbocycles. The van der Waals surface area contributed by atoms with Crippen molar-refractivity contribution in [3.63, 3.8) is 0 Å². The van der Waals surface area contributed by atoms with Crippen LogP contribution in [0.2, 0.25) is 0 Å². The van der Waals surface area contributed by atoms with Crippen LogP contribution in [-0.4, -0.2) is 33.5 Å². The van der Waals surface area contributed by atoms with Crippen LogP contribution in [0.25, 0.3) is 0 Å². The monoisotopic (exact) mass is 404 g/mol. The van der Waals surface area contributed by atoms with E-state index in [1.165, 1.54) is 5.57 Å². The fourth-order valence-corrected chi connectivity index (χ4v) is 8.37. The first-order valence-corrected chi connectivity index (χ1v) is 11.9. The molecule has 3 fully saturated rings. The maximum atomic E-state index is 11.5. The standard InChI is InChI=1S/C25H40O4/c1-14(5-8-22(28)29)18-6-7-19-23-15(2)11-16-12-17(26)9-10-24(16,3)20(23)13-21(27)25(18,19)4/h14,16-21,26-27H,5-13H2,1-4H3,(H,28,29)/t14-,16-,17-,18-,19+,20+,21+,24+,25-/m1/s1. The van der Waals surface area contributed by atoms with Crippen LogP contribution in [0.1, 0.15) is 85.5 Å². The molecule has 0 saturated heterocycles. The number of fused-ring (bicyclic) bond motifs is 5. The van der Waals surface area contributed by atoms with E-state index in [1.54, 1.807) is 5.57 Å². The minimum Gasteiger partial charge on any atom is -0.481 e. The van der Waals surface area contributed by atoms with Crippen LogP contribution in [-0.2, 0) is 4.79 Å². The molecule has 4 aliphatic carbocycles. The van der Waals surface area contributed by atoms with Gasteiger partial charge in [-0.3, -0.25) is 4.79 Å². The van der Waals surface area contributed by atoms with Gasteiger partial charge in [0.25, 0.3) is 0 Å². The predicted molar refractivity (Wildman–Crippen MR) is 113 cm³/mol. The molecule has 29 heavy (non-hydrogen) atoms. The first kappa shape index (κ1) is 21.4. The minimum atomic E-state index is -0.718. The lowest BCUT2D eigenvalue weighted by atomic mass is 9.46. The molecule has 0 aromatic heterocycles. The highest BCUT2D eigenvalue weighted by Crippen LogP contribution is 2.67. The van der Waals surface area contributed by atoms with Crippen LogP contribution in [0.4, 0.5) is 0 Å². The summed E-state index contributed by atoms with van der Waals surface area (Å²) in [5.74, 6) is 1.40. The molecule has 0 aliphatic heterocycles. The molecule has 4 rings (SSSR count). The van der Waals surface area contributed by atoms with Gasteiger partial charge in [0.15, 0.2) is 0 Å². The zero-order valence-corrected chi connectivity index (χ0v) is 18.7. The Bertz CT molecular complexity index is 699. The Hall–Kier alpha value is -0.870. The third kappa shape index (κ3) is 3.20. The third-order valence-electron chi connectivity index (χ3n) is 10.1. The molecule has 0 heterocycles. The molecule has 164 valence electrons. The van der Waals surface area contributed by atoms with Gasteiger partial charge in [-0.15, -0.1) is 0 Å². The van der Waals surface area contributed by atoms with E-state index in [0.29, 0.717) is 36.0 Å². The number of rotatable bonds is 4. The van der Waals surface area contributed by atoms with Gasteiger partial charge >= 0.3 is 5.97 Å². The Morgan fingerprint density at radius 2 is 1.86 bits per heavy atom. The average Bonchev–Trinajstić information content (AvgIpc) is 3.01. The molecule has 0 aromatic carbocycles. The molecule has 0 aromatic rings. The lowest BCUT2D eigenvalue weighted by molar-refractivity contribution is -0.137. The Kier molecular flexibility index (Phi) is 5.43. The van der Waals surface area contributed by atoms with Gasteiger partial charge in [0.05, 0.1) is 12.2 Å². The summed E-state index contributed by atoms with van der Waals surface area (Å²) in [6.45, 7) is 9.23. The van der Waals surface area contributed by atoms with E-state index in [2.05, 4.69) is 27.7 Å². The van der Waals surface area contributed by atoms with Gasteiger partial charge < -0.3 is 15.3 Å². The van der Waals surface area contributed by atoms with Gasteiger partial charge in [-0.1, -0.05) is 31.9 Å². The molecule has 3 N–H and O–H groups in total. The van der Waals surface area contributed by atoms with E-state index < -0.39 is 5.97 Å². The zero-order valence-electron chi connectivity index (χ0n) is 18.7. The van der Waals surface area contributed by atoms with E-state index >= 15 is 0 Å². The number of aliphatic hydroxyl groups is 2. The third-order valence-corrected chi connectivity index (χ3v) is 10.1. The highest BCUT2D eigenvalue weighted by molar-refractivity contribution is 5.66. The van der Waals surface area contributed by atoms with Gasteiger partial charge in [-0.05, 0) is 93.3 Å². The number of hydrogen-bond acceptors (Lipinski definition) is 3. The molecule has 4 heteroatoms. The van der Waals surface area contributed by atoms with Crippen LogP contribution in [0.3, 0.4) is 0 Å². The average molecular weight is 405 g/mol. The molecule has 0 unspecified atom stereocenters. The van der Waals surface area contributed by atoms with Gasteiger partial charge in [-0.25, -0.2) is 0 Å². The second-order valence-electron chi connectivity index (χ2n) is 11.4. The van der Waals surface area contributed by atoms with Gasteiger partial charge in [0.1, 0.15) is 0 Å². The van der Waals surface area contributed by atoms with Crippen LogP contribution < -0.4 is 0 Å². The number of allylic oxidation sites excluding steroid dienone is 2. The first-order chi connectivity index (χ1) is 13.6. The van der Waals surface area contributed by atoms with Crippen LogP contribution in [0.5, 0.6) is 0 Å². The zero-order chi connectivity index (χ0) is 21.1. The van der Waals surface area contributed by atoms with Crippen LogP contribution in [0.15, 0.2) is 11.1 Å². The van der Waals surface area contributed by atoms with Gasteiger partial charge in [-0.2, -0.15) is 0 Å². The normalized spacial score (nSPS) is 47.9. The summed E-state index contributed by atoms with van der Waals surface area (Å²) < 4.78 is 0. The van der Waals surface area contributed by atoms with Crippen molar-refractivity contribution in [3.8, 4) is 0 Å². The number of aliphatic carboxylic acids is 1. The number of aliphatic hydroxyl groups excluding tert-OH is 2. The number of carboxylic acid groups (broad SMARTS) is 1. The second kappa shape index (κ2) is 7.37. The molecular weight excluding hydrogens is 364 g/mol. The summed E-state index contributed by atoms with van der Waals surface area (Å²) in [4.78, 5) is 11.1. The highest BCUT2D eigenvalue weighted by Gasteiger charge is 2.62. The van der Waals surface area contributed by atoms with Crippen molar-refractivity contribution in [2.45, 2.75) is 97.7 Å². The van der Waals surface area contributed by atoms with Crippen molar-refractivity contribution in [1.29, 1.82) is 0 Å². The topological polar surface area (TPSA) is 77.8 Å². The highest BCUT2D eigenvalue weighted by atomic mass is 16.4. The summed E-state index contributed by atoms with van der Waals surface area (Å²) in [5.41, 5.74) is 3.22. The van der Waals surface area contributed by atoms with Gasteiger partial charge in [0, 0.05) is 11.8 Å². The van der Waals surface area contributed by atoms with Crippen LogP contribution in [0, 0.1) is 40.4 Å². The fourth-order valence-electron chi connectivity index (χ4n) is 8.37. The molecule has 4 aliphatic rings. The van der Waals surface area contributed by atoms with Crippen LogP contribution >= 0.6 is 0 Å². The number of hydrogen-bond donors (Lipinski definition) is 3. The quantitative estimate of drug-likeness (QED) is 0.589. The molecule has 0 spiro atoms.